The first kappa shape index (κ1) is 20.6. The highest BCUT2D eigenvalue weighted by Crippen LogP contribution is 2.34. The molecule has 148 valence electrons. The largest absolute Gasteiger partial charge is 0.474 e. The molecule has 0 radical (unpaired) electrons. The summed E-state index contributed by atoms with van der Waals surface area (Å²) in [7, 11) is 0. The molecule has 0 saturated carbocycles. The minimum Gasteiger partial charge on any atom is -0.474 e. The molecule has 1 aromatic rings. The minimum absolute atomic E-state index is 0.0601. The maximum absolute atomic E-state index is 12.5. The molecule has 1 aromatic heterocycles. The smallest absolute Gasteiger partial charge is 0.366 e. The summed E-state index contributed by atoms with van der Waals surface area (Å²) in [5.41, 5.74) is 0. The molecule has 0 aromatic carbocycles. The zero-order chi connectivity index (χ0) is 19.8. The Kier molecular flexibility index (Phi) is 7.47. The van der Waals surface area contributed by atoms with Crippen LogP contribution in [0.5, 0.6) is 5.75 Å². The molecule has 1 atom stereocenters. The number of fused-ring (bicyclic) bond motifs is 1. The molecule has 1 aliphatic rings. The van der Waals surface area contributed by atoms with Crippen molar-refractivity contribution in [3.8, 4) is 5.75 Å². The van der Waals surface area contributed by atoms with Crippen LogP contribution >= 0.6 is 0 Å². The van der Waals surface area contributed by atoms with Crippen molar-refractivity contribution in [2.45, 2.75) is 39.2 Å². The van der Waals surface area contributed by atoms with Crippen LogP contribution in [0.4, 0.5) is 11.6 Å². The Hall–Kier alpha value is -2.75. The number of nitro groups is 1. The van der Waals surface area contributed by atoms with Crippen molar-refractivity contribution in [2.75, 3.05) is 31.3 Å². The summed E-state index contributed by atoms with van der Waals surface area (Å²) in [5.74, 6) is -1.44. The summed E-state index contributed by atoms with van der Waals surface area (Å²) in [6, 6.07) is 2.56. The van der Waals surface area contributed by atoms with Gasteiger partial charge in [0.15, 0.2) is 11.9 Å². The van der Waals surface area contributed by atoms with Gasteiger partial charge in [-0.1, -0.05) is 20.3 Å². The number of carbonyl (C=O) groups excluding carboxylic acids is 2. The lowest BCUT2D eigenvalue weighted by atomic mass is 10.2. The van der Waals surface area contributed by atoms with Crippen LogP contribution in [0.1, 0.15) is 33.1 Å². The molecule has 1 aliphatic heterocycles. The standard InChI is InChI=1S/C17H23N3O7/c1-3-5-8-25-9-10-26-15(21)11-19-16-13(27-12(4-2)17(19)22)6-7-14(18-16)20(23)24/h6-7,12H,3-5,8-11H2,1-2H3. The number of anilines is 1. The number of ether oxygens (including phenoxy) is 3. The zero-order valence-corrected chi connectivity index (χ0v) is 15.4. The third kappa shape index (κ3) is 5.36. The number of esters is 1. The molecule has 1 amide bonds. The zero-order valence-electron chi connectivity index (χ0n) is 15.4. The van der Waals surface area contributed by atoms with Gasteiger partial charge in [0.05, 0.1) is 6.61 Å². The van der Waals surface area contributed by atoms with Gasteiger partial charge in [-0.15, -0.1) is 0 Å². The second-order valence-corrected chi connectivity index (χ2v) is 5.87. The number of amides is 1. The van der Waals surface area contributed by atoms with Crippen molar-refractivity contribution in [3.05, 3.63) is 22.2 Å². The topological polar surface area (TPSA) is 121 Å². The normalized spacial score (nSPS) is 15.9. The number of carbonyl (C=O) groups is 2. The molecule has 27 heavy (non-hydrogen) atoms. The highest BCUT2D eigenvalue weighted by atomic mass is 16.6. The number of pyridine rings is 1. The summed E-state index contributed by atoms with van der Waals surface area (Å²) >= 11 is 0. The van der Waals surface area contributed by atoms with Gasteiger partial charge < -0.3 is 24.3 Å². The van der Waals surface area contributed by atoms with Crippen molar-refractivity contribution >= 4 is 23.5 Å². The lowest BCUT2D eigenvalue weighted by Gasteiger charge is -2.29. The van der Waals surface area contributed by atoms with Crippen molar-refractivity contribution < 1.29 is 28.7 Å². The molecule has 0 spiro atoms. The van der Waals surface area contributed by atoms with E-state index >= 15 is 0 Å². The van der Waals surface area contributed by atoms with Crippen molar-refractivity contribution in [1.29, 1.82) is 0 Å². The van der Waals surface area contributed by atoms with E-state index in [4.69, 9.17) is 14.2 Å². The number of unbranched alkanes of at least 4 members (excludes halogenated alkanes) is 1. The monoisotopic (exact) mass is 381 g/mol. The second-order valence-electron chi connectivity index (χ2n) is 5.87. The van der Waals surface area contributed by atoms with E-state index in [1.165, 1.54) is 12.1 Å². The summed E-state index contributed by atoms with van der Waals surface area (Å²) in [6.07, 6.45) is 1.53. The van der Waals surface area contributed by atoms with Gasteiger partial charge in [0.2, 0.25) is 0 Å². The third-order valence-corrected chi connectivity index (χ3v) is 3.87. The van der Waals surface area contributed by atoms with Crippen LogP contribution in [-0.2, 0) is 19.1 Å². The minimum atomic E-state index is -0.786. The number of hydrogen-bond donors (Lipinski definition) is 0. The Labute approximate surface area is 156 Å². The number of nitrogens with zero attached hydrogens (tertiary/aromatic N) is 3. The molecule has 0 saturated heterocycles. The number of hydrogen-bond acceptors (Lipinski definition) is 8. The third-order valence-electron chi connectivity index (χ3n) is 3.87. The van der Waals surface area contributed by atoms with Gasteiger partial charge in [-0.3, -0.25) is 14.5 Å². The Bertz CT molecular complexity index is 695. The van der Waals surface area contributed by atoms with Gasteiger partial charge in [-0.25, -0.2) is 0 Å². The lowest BCUT2D eigenvalue weighted by molar-refractivity contribution is -0.389. The fourth-order valence-corrected chi connectivity index (χ4v) is 2.44. The summed E-state index contributed by atoms with van der Waals surface area (Å²) in [6.45, 7) is 4.32. The number of aromatic nitrogens is 1. The highest BCUT2D eigenvalue weighted by molar-refractivity contribution is 6.02. The van der Waals surface area contributed by atoms with Gasteiger partial charge in [0, 0.05) is 12.7 Å². The van der Waals surface area contributed by atoms with E-state index in [-0.39, 0.29) is 24.8 Å². The molecule has 0 N–H and O–H groups in total. The maximum Gasteiger partial charge on any atom is 0.366 e. The molecule has 2 heterocycles. The van der Waals surface area contributed by atoms with Crippen molar-refractivity contribution in [3.63, 3.8) is 0 Å². The van der Waals surface area contributed by atoms with Crippen LogP contribution in [0.25, 0.3) is 0 Å². The van der Waals surface area contributed by atoms with Crippen LogP contribution in [-0.4, -0.2) is 54.3 Å². The van der Waals surface area contributed by atoms with Crippen LogP contribution in [0, 0.1) is 10.1 Å². The first-order chi connectivity index (χ1) is 13.0. The van der Waals surface area contributed by atoms with E-state index in [1.54, 1.807) is 6.92 Å². The average molecular weight is 381 g/mol. The lowest BCUT2D eigenvalue weighted by Crippen LogP contribution is -2.48. The number of rotatable bonds is 10. The van der Waals surface area contributed by atoms with E-state index in [0.29, 0.717) is 13.0 Å². The molecule has 2 rings (SSSR count). The van der Waals surface area contributed by atoms with Gasteiger partial charge in [0.1, 0.15) is 13.2 Å². The predicted octanol–water partition coefficient (Wildman–Crippen LogP) is 1.85. The quantitative estimate of drug-likeness (QED) is 0.260. The predicted molar refractivity (Wildman–Crippen MR) is 94.6 cm³/mol. The summed E-state index contributed by atoms with van der Waals surface area (Å²) in [5, 5.41) is 11.0. The van der Waals surface area contributed by atoms with Gasteiger partial charge in [-0.2, -0.15) is 0 Å². The first-order valence-electron chi connectivity index (χ1n) is 8.84. The van der Waals surface area contributed by atoms with Gasteiger partial charge in [-0.05, 0) is 28.8 Å². The Morgan fingerprint density at radius 2 is 2.11 bits per heavy atom. The van der Waals surface area contributed by atoms with Gasteiger partial charge >= 0.3 is 11.8 Å². The fraction of sp³-hybridized carbons (Fsp3) is 0.588. The van der Waals surface area contributed by atoms with Gasteiger partial charge in [0.25, 0.3) is 11.7 Å². The fourth-order valence-electron chi connectivity index (χ4n) is 2.44. The van der Waals surface area contributed by atoms with E-state index in [1.807, 2.05) is 6.92 Å². The molecule has 1 unspecified atom stereocenters. The summed E-state index contributed by atoms with van der Waals surface area (Å²) < 4.78 is 15.9. The van der Waals surface area contributed by atoms with Crippen LogP contribution < -0.4 is 9.64 Å². The van der Waals surface area contributed by atoms with Crippen LogP contribution in [0.15, 0.2) is 12.1 Å². The Morgan fingerprint density at radius 1 is 1.33 bits per heavy atom. The van der Waals surface area contributed by atoms with E-state index < -0.39 is 35.3 Å². The molecule has 10 nitrogen and oxygen atoms in total. The molecule has 0 fully saturated rings. The highest BCUT2D eigenvalue weighted by Gasteiger charge is 2.39. The second kappa shape index (κ2) is 9.81. The maximum atomic E-state index is 12.5. The Balaban J connectivity index is 2.05. The molecule has 10 heteroatoms. The van der Waals surface area contributed by atoms with Crippen LogP contribution in [0.2, 0.25) is 0 Å². The molecule has 0 bridgehead atoms. The van der Waals surface area contributed by atoms with E-state index in [2.05, 4.69) is 4.98 Å². The van der Waals surface area contributed by atoms with Crippen molar-refractivity contribution in [1.82, 2.24) is 4.98 Å². The van der Waals surface area contributed by atoms with Crippen LogP contribution in [0.3, 0.4) is 0 Å². The molecular formula is C17H23N3O7. The SMILES string of the molecule is CCCCOCCOC(=O)CN1C(=O)C(CC)Oc2ccc([N+](=O)[O-])nc21. The van der Waals surface area contributed by atoms with E-state index in [9.17, 15) is 19.7 Å². The summed E-state index contributed by atoms with van der Waals surface area (Å²) in [4.78, 5) is 39.8. The molecular weight excluding hydrogens is 358 g/mol. The first-order valence-corrected chi connectivity index (χ1v) is 8.84. The molecule has 0 aliphatic carbocycles. The Morgan fingerprint density at radius 3 is 2.78 bits per heavy atom. The van der Waals surface area contributed by atoms with E-state index in [0.717, 1.165) is 17.7 Å². The van der Waals surface area contributed by atoms with Crippen molar-refractivity contribution in [2.24, 2.45) is 0 Å². The average Bonchev–Trinajstić information content (AvgIpc) is 2.66.